The van der Waals surface area contributed by atoms with Crippen LogP contribution in [0.1, 0.15) is 16.1 Å². The Kier molecular flexibility index (Phi) is 5.54. The van der Waals surface area contributed by atoms with Crippen LogP contribution in [0.25, 0.3) is 10.2 Å². The average molecular weight is 425 g/mol. The van der Waals surface area contributed by atoms with E-state index in [1.165, 1.54) is 29.4 Å². The van der Waals surface area contributed by atoms with E-state index < -0.39 is 5.91 Å². The summed E-state index contributed by atoms with van der Waals surface area (Å²) >= 11 is 2.68. The van der Waals surface area contributed by atoms with Crippen LogP contribution in [0, 0.1) is 6.92 Å². The zero-order chi connectivity index (χ0) is 20.2. The van der Waals surface area contributed by atoms with Crippen LogP contribution in [0.3, 0.4) is 0 Å². The Bertz CT molecular complexity index is 1160. The van der Waals surface area contributed by atoms with E-state index in [1.807, 2.05) is 25.1 Å². The van der Waals surface area contributed by atoms with Crippen molar-refractivity contribution < 1.29 is 14.0 Å². The van der Waals surface area contributed by atoms with Crippen molar-refractivity contribution in [2.24, 2.45) is 0 Å². The van der Waals surface area contributed by atoms with Crippen molar-refractivity contribution in [2.45, 2.75) is 11.9 Å². The highest BCUT2D eigenvalue weighted by molar-refractivity contribution is 7.99. The second-order valence-corrected chi connectivity index (χ2v) is 8.04. The number of thioether (sulfide) groups is 1. The number of fused-ring (bicyclic) bond motifs is 1. The summed E-state index contributed by atoms with van der Waals surface area (Å²) in [5.74, 6) is 0.0663. The number of nitrogens with zero attached hydrogens (tertiary/aromatic N) is 3. The molecule has 4 rings (SSSR count). The number of carbonyl (C=O) groups excluding carboxylic acids is 2. The van der Waals surface area contributed by atoms with Gasteiger partial charge >= 0.3 is 0 Å². The molecule has 0 fully saturated rings. The van der Waals surface area contributed by atoms with E-state index >= 15 is 0 Å². The van der Waals surface area contributed by atoms with Crippen molar-refractivity contribution in [1.82, 2.24) is 15.2 Å². The summed E-state index contributed by atoms with van der Waals surface area (Å²) in [6.07, 6.45) is 1.42. The molecule has 3 aromatic heterocycles. The third-order valence-corrected chi connectivity index (χ3v) is 5.62. The van der Waals surface area contributed by atoms with E-state index in [-0.39, 0.29) is 17.4 Å². The summed E-state index contributed by atoms with van der Waals surface area (Å²) in [6, 6.07) is 12.4. The lowest BCUT2D eigenvalue weighted by molar-refractivity contribution is -0.113. The minimum Gasteiger partial charge on any atom is -0.459 e. The Morgan fingerprint density at radius 2 is 2.03 bits per heavy atom. The SMILES string of the molecule is Cc1ccc2nc(NC(=O)CSc3ccc(NC(=O)c4ccco4)nn3)sc2c1. The predicted octanol–water partition coefficient (Wildman–Crippen LogP) is 3.97. The van der Waals surface area contributed by atoms with Crippen LogP contribution in [0.4, 0.5) is 10.9 Å². The zero-order valence-corrected chi connectivity index (χ0v) is 16.8. The predicted molar refractivity (Wildman–Crippen MR) is 112 cm³/mol. The van der Waals surface area contributed by atoms with Gasteiger partial charge in [0.15, 0.2) is 16.7 Å². The van der Waals surface area contributed by atoms with Crippen LogP contribution in [0.2, 0.25) is 0 Å². The smallest absolute Gasteiger partial charge is 0.292 e. The molecule has 0 radical (unpaired) electrons. The maximum absolute atomic E-state index is 12.2. The number of aromatic nitrogens is 3. The lowest BCUT2D eigenvalue weighted by atomic mass is 10.2. The van der Waals surface area contributed by atoms with Gasteiger partial charge in [-0.05, 0) is 48.9 Å². The summed E-state index contributed by atoms with van der Waals surface area (Å²) in [4.78, 5) is 28.5. The van der Waals surface area contributed by atoms with Crippen LogP contribution in [-0.2, 0) is 4.79 Å². The highest BCUT2D eigenvalue weighted by Gasteiger charge is 2.11. The zero-order valence-electron chi connectivity index (χ0n) is 15.2. The van der Waals surface area contributed by atoms with Crippen LogP contribution in [0.5, 0.6) is 0 Å². The van der Waals surface area contributed by atoms with E-state index in [0.29, 0.717) is 16.0 Å². The topological polar surface area (TPSA) is 110 Å². The van der Waals surface area contributed by atoms with Crippen LogP contribution < -0.4 is 10.6 Å². The Morgan fingerprint density at radius 1 is 1.14 bits per heavy atom. The minimum atomic E-state index is -0.407. The normalized spacial score (nSPS) is 10.8. The molecule has 0 atom stereocenters. The number of hydrogen-bond acceptors (Lipinski definition) is 8. The second kappa shape index (κ2) is 8.41. The third kappa shape index (κ3) is 4.79. The van der Waals surface area contributed by atoms with Gasteiger partial charge in [0.05, 0.1) is 22.2 Å². The van der Waals surface area contributed by atoms with E-state index in [1.54, 1.807) is 24.3 Å². The van der Waals surface area contributed by atoms with E-state index in [9.17, 15) is 9.59 Å². The molecule has 0 saturated carbocycles. The number of furan rings is 1. The first-order chi connectivity index (χ1) is 14.1. The first kappa shape index (κ1) is 19.1. The van der Waals surface area contributed by atoms with E-state index in [4.69, 9.17) is 4.42 Å². The van der Waals surface area contributed by atoms with Gasteiger partial charge in [0, 0.05) is 0 Å². The molecule has 4 aromatic rings. The number of hydrogen-bond donors (Lipinski definition) is 2. The van der Waals surface area contributed by atoms with Gasteiger partial charge in [-0.3, -0.25) is 9.59 Å². The lowest BCUT2D eigenvalue weighted by Crippen LogP contribution is -2.14. The molecule has 146 valence electrons. The highest BCUT2D eigenvalue weighted by Crippen LogP contribution is 2.27. The Balaban J connectivity index is 1.30. The lowest BCUT2D eigenvalue weighted by Gasteiger charge is -2.03. The summed E-state index contributed by atoms with van der Waals surface area (Å²) in [7, 11) is 0. The largest absolute Gasteiger partial charge is 0.459 e. The van der Waals surface area contributed by atoms with Crippen molar-refractivity contribution in [3.05, 3.63) is 60.1 Å². The molecule has 0 unspecified atom stereocenters. The Labute approximate surface area is 173 Å². The summed E-state index contributed by atoms with van der Waals surface area (Å²) in [5, 5.41) is 14.5. The van der Waals surface area contributed by atoms with Gasteiger partial charge < -0.3 is 15.1 Å². The summed E-state index contributed by atoms with van der Waals surface area (Å²) in [6.45, 7) is 2.02. The maximum Gasteiger partial charge on any atom is 0.292 e. The van der Waals surface area contributed by atoms with Gasteiger partial charge in [-0.1, -0.05) is 29.2 Å². The van der Waals surface area contributed by atoms with Crippen molar-refractivity contribution in [3.63, 3.8) is 0 Å². The van der Waals surface area contributed by atoms with Crippen LogP contribution in [0.15, 0.2) is 58.2 Å². The molecular formula is C19H15N5O3S2. The maximum atomic E-state index is 12.2. The highest BCUT2D eigenvalue weighted by atomic mass is 32.2. The fourth-order valence-electron chi connectivity index (χ4n) is 2.43. The molecular weight excluding hydrogens is 410 g/mol. The molecule has 2 amide bonds. The molecule has 2 N–H and O–H groups in total. The fraction of sp³-hybridized carbons (Fsp3) is 0.105. The second-order valence-electron chi connectivity index (χ2n) is 6.02. The number of nitrogens with one attached hydrogen (secondary N) is 2. The summed E-state index contributed by atoms with van der Waals surface area (Å²) in [5.41, 5.74) is 2.01. The molecule has 29 heavy (non-hydrogen) atoms. The van der Waals surface area contributed by atoms with Gasteiger partial charge in [0.25, 0.3) is 5.91 Å². The minimum absolute atomic E-state index is 0.168. The van der Waals surface area contributed by atoms with Gasteiger partial charge in [-0.2, -0.15) is 0 Å². The Hall–Kier alpha value is -3.24. The van der Waals surface area contributed by atoms with Gasteiger partial charge in [0.2, 0.25) is 5.91 Å². The first-order valence-electron chi connectivity index (χ1n) is 8.55. The van der Waals surface area contributed by atoms with Crippen LogP contribution >= 0.6 is 23.1 Å². The molecule has 1 aromatic carbocycles. The molecule has 0 aliphatic carbocycles. The molecule has 0 aliphatic rings. The summed E-state index contributed by atoms with van der Waals surface area (Å²) < 4.78 is 6.05. The number of thiazole rings is 1. The van der Waals surface area contributed by atoms with Crippen molar-refractivity contribution in [3.8, 4) is 0 Å². The van der Waals surface area contributed by atoms with E-state index in [0.717, 1.165) is 15.8 Å². The number of benzene rings is 1. The Morgan fingerprint density at radius 3 is 2.79 bits per heavy atom. The fourth-order valence-corrected chi connectivity index (χ4v) is 4.02. The number of anilines is 2. The molecule has 0 aliphatic heterocycles. The quantitative estimate of drug-likeness (QED) is 0.450. The number of amides is 2. The third-order valence-electron chi connectivity index (χ3n) is 3.77. The van der Waals surface area contributed by atoms with Crippen LogP contribution in [-0.4, -0.2) is 32.7 Å². The molecule has 10 heteroatoms. The first-order valence-corrected chi connectivity index (χ1v) is 10.4. The standard InChI is InChI=1S/C19H15N5O3S2/c1-11-4-5-12-14(9-11)29-19(20-12)22-16(25)10-28-17-7-6-15(23-24-17)21-18(26)13-3-2-8-27-13/h2-9H,10H2,1H3,(H,20,22,25)(H,21,23,26). The molecule has 0 spiro atoms. The van der Waals surface area contributed by atoms with E-state index in [2.05, 4.69) is 25.8 Å². The average Bonchev–Trinajstić information content (AvgIpc) is 3.37. The molecule has 0 bridgehead atoms. The monoisotopic (exact) mass is 425 g/mol. The van der Waals surface area contributed by atoms with Gasteiger partial charge in [0.1, 0.15) is 5.03 Å². The van der Waals surface area contributed by atoms with Gasteiger partial charge in [-0.15, -0.1) is 10.2 Å². The van der Waals surface area contributed by atoms with Gasteiger partial charge in [-0.25, -0.2) is 4.98 Å². The number of carbonyl (C=O) groups is 2. The number of rotatable bonds is 6. The van der Waals surface area contributed by atoms with Crippen molar-refractivity contribution in [1.29, 1.82) is 0 Å². The molecule has 8 nitrogen and oxygen atoms in total. The molecule has 3 heterocycles. The molecule has 0 saturated heterocycles. The van der Waals surface area contributed by atoms with Crippen molar-refractivity contribution >= 4 is 56.1 Å². The number of aryl methyl sites for hydroxylation is 1. The van der Waals surface area contributed by atoms with Crippen molar-refractivity contribution in [2.75, 3.05) is 16.4 Å².